The molecule has 0 radical (unpaired) electrons. The molecule has 2 aromatic heterocycles. The average Bonchev–Trinajstić information content (AvgIpc) is 2.88. The number of hydrogen-bond donors (Lipinski definition) is 0. The Morgan fingerprint density at radius 3 is 2.08 bits per heavy atom. The lowest BCUT2D eigenvalue weighted by Crippen LogP contribution is -2.32. The number of carbonyl (C=O) groups excluding carboxylic acids is 1. The second-order valence-corrected chi connectivity index (χ2v) is 8.36. The zero-order valence-corrected chi connectivity index (χ0v) is 20.4. The number of halogens is 1. The summed E-state index contributed by atoms with van der Waals surface area (Å²) < 4.78 is 52.6. The summed E-state index contributed by atoms with van der Waals surface area (Å²) in [5, 5.41) is 0.214. The Hall–Kier alpha value is -4.22. The molecule has 11 heteroatoms. The predicted molar refractivity (Wildman–Crippen MR) is 131 cm³/mol. The molecule has 0 N–H and O–H groups in total. The number of hydrogen-bond acceptors (Lipinski definition) is 10. The summed E-state index contributed by atoms with van der Waals surface area (Å²) >= 11 is 0. The van der Waals surface area contributed by atoms with Crippen LogP contribution in [0.25, 0.3) is 21.9 Å². The second kappa shape index (κ2) is 10.6. The molecule has 0 bridgehead atoms. The highest BCUT2D eigenvalue weighted by Crippen LogP contribution is 2.33. The van der Waals surface area contributed by atoms with E-state index in [1.807, 2.05) is 0 Å². The molecule has 1 saturated heterocycles. The number of fused-ring (bicyclic) bond motifs is 2. The number of alkyl halides is 1. The van der Waals surface area contributed by atoms with Gasteiger partial charge in [0.1, 0.15) is 46.7 Å². The van der Waals surface area contributed by atoms with Gasteiger partial charge in [-0.05, 0) is 38.1 Å². The van der Waals surface area contributed by atoms with Crippen LogP contribution in [0.15, 0.2) is 67.0 Å². The molecule has 2 aromatic carbocycles. The fraction of sp³-hybridized carbons (Fsp3) is 0.296. The summed E-state index contributed by atoms with van der Waals surface area (Å²) in [4.78, 5) is 37.3. The molecule has 0 saturated carbocycles. The molecule has 0 amide bonds. The van der Waals surface area contributed by atoms with E-state index in [1.54, 1.807) is 32.0 Å². The number of rotatable bonds is 9. The number of esters is 1. The molecular weight excluding hydrogens is 503 g/mol. The van der Waals surface area contributed by atoms with Gasteiger partial charge in [-0.1, -0.05) is 12.1 Å². The van der Waals surface area contributed by atoms with Crippen molar-refractivity contribution < 1.29 is 41.7 Å². The SMILES string of the molecule is CCOC(=O)c1cc(=O)c2c(OCC(F)COc3cccc4oc(C5OC(C)O5)cc(=O)c34)cccc2o1. The minimum absolute atomic E-state index is 0.0601. The van der Waals surface area contributed by atoms with Crippen LogP contribution < -0.4 is 20.3 Å². The molecule has 38 heavy (non-hydrogen) atoms. The molecule has 1 aliphatic rings. The van der Waals surface area contributed by atoms with Gasteiger partial charge in [-0.3, -0.25) is 9.59 Å². The van der Waals surface area contributed by atoms with E-state index in [2.05, 4.69) is 0 Å². The van der Waals surface area contributed by atoms with Gasteiger partial charge in [-0.15, -0.1) is 0 Å². The van der Waals surface area contributed by atoms with Crippen molar-refractivity contribution in [1.82, 2.24) is 0 Å². The fourth-order valence-corrected chi connectivity index (χ4v) is 3.94. The van der Waals surface area contributed by atoms with E-state index >= 15 is 0 Å². The van der Waals surface area contributed by atoms with Gasteiger partial charge in [0, 0.05) is 12.1 Å². The average molecular weight is 526 g/mol. The lowest BCUT2D eigenvalue weighted by atomic mass is 10.2. The normalized spacial score (nSPS) is 17.7. The van der Waals surface area contributed by atoms with Crippen LogP contribution in [0.3, 0.4) is 0 Å². The Morgan fingerprint density at radius 1 is 0.921 bits per heavy atom. The van der Waals surface area contributed by atoms with Crippen molar-refractivity contribution in [3.63, 3.8) is 0 Å². The molecule has 0 aliphatic carbocycles. The molecule has 0 spiro atoms. The summed E-state index contributed by atoms with van der Waals surface area (Å²) in [6.07, 6.45) is -2.76. The van der Waals surface area contributed by atoms with Crippen LogP contribution in [0.5, 0.6) is 11.5 Å². The molecule has 5 rings (SSSR count). The largest absolute Gasteiger partial charge is 0.489 e. The van der Waals surface area contributed by atoms with E-state index in [-0.39, 0.29) is 63.3 Å². The first-order valence-corrected chi connectivity index (χ1v) is 11.9. The molecule has 198 valence electrons. The third-order valence-corrected chi connectivity index (χ3v) is 5.63. The van der Waals surface area contributed by atoms with Gasteiger partial charge in [-0.2, -0.15) is 0 Å². The van der Waals surface area contributed by atoms with Gasteiger partial charge in [0.25, 0.3) is 0 Å². The number of ether oxygens (including phenoxy) is 5. The van der Waals surface area contributed by atoms with Gasteiger partial charge in [0.05, 0.1) is 6.61 Å². The monoisotopic (exact) mass is 526 g/mol. The van der Waals surface area contributed by atoms with Crippen molar-refractivity contribution in [3.05, 3.63) is 80.5 Å². The molecule has 1 aliphatic heterocycles. The highest BCUT2D eigenvalue weighted by atomic mass is 19.1. The number of benzene rings is 2. The van der Waals surface area contributed by atoms with E-state index in [0.717, 1.165) is 6.07 Å². The zero-order chi connectivity index (χ0) is 26.8. The molecule has 10 nitrogen and oxygen atoms in total. The van der Waals surface area contributed by atoms with Crippen LogP contribution in [0.2, 0.25) is 0 Å². The summed E-state index contributed by atoms with van der Waals surface area (Å²) in [7, 11) is 0. The molecular formula is C27H23FO10. The molecule has 3 heterocycles. The van der Waals surface area contributed by atoms with E-state index in [9.17, 15) is 18.8 Å². The molecule has 1 unspecified atom stereocenters. The highest BCUT2D eigenvalue weighted by molar-refractivity contribution is 5.90. The molecule has 4 aromatic rings. The van der Waals surface area contributed by atoms with E-state index in [0.29, 0.717) is 0 Å². The Balaban J connectivity index is 1.27. The van der Waals surface area contributed by atoms with Crippen LogP contribution in [-0.2, 0) is 14.2 Å². The van der Waals surface area contributed by atoms with E-state index < -0.39 is 37.1 Å². The van der Waals surface area contributed by atoms with Gasteiger partial charge >= 0.3 is 5.97 Å². The molecule has 1 fully saturated rings. The zero-order valence-electron chi connectivity index (χ0n) is 20.4. The minimum atomic E-state index is -1.61. The second-order valence-electron chi connectivity index (χ2n) is 8.36. The van der Waals surface area contributed by atoms with Crippen LogP contribution in [-0.4, -0.2) is 38.3 Å². The van der Waals surface area contributed by atoms with Crippen molar-refractivity contribution in [2.24, 2.45) is 0 Å². The lowest BCUT2D eigenvalue weighted by molar-refractivity contribution is -0.387. The molecule has 1 atom stereocenters. The van der Waals surface area contributed by atoms with Crippen molar-refractivity contribution in [2.75, 3.05) is 19.8 Å². The Bertz CT molecular complexity index is 1600. The van der Waals surface area contributed by atoms with E-state index in [4.69, 9.17) is 32.5 Å². The predicted octanol–water partition coefficient (Wildman–Crippen LogP) is 4.26. The van der Waals surface area contributed by atoms with Crippen molar-refractivity contribution in [2.45, 2.75) is 32.6 Å². The van der Waals surface area contributed by atoms with Gasteiger partial charge < -0.3 is 32.5 Å². The smallest absolute Gasteiger partial charge is 0.374 e. The first-order chi connectivity index (χ1) is 18.3. The summed E-state index contributed by atoms with van der Waals surface area (Å²) in [5.74, 6) is -0.554. The minimum Gasteiger partial charge on any atom is -0.489 e. The van der Waals surface area contributed by atoms with Crippen molar-refractivity contribution >= 4 is 27.9 Å². The highest BCUT2D eigenvalue weighted by Gasteiger charge is 2.31. The van der Waals surface area contributed by atoms with Gasteiger partial charge in [0.15, 0.2) is 29.1 Å². The lowest BCUT2D eigenvalue weighted by Gasteiger charge is -2.32. The first-order valence-electron chi connectivity index (χ1n) is 11.9. The van der Waals surface area contributed by atoms with Crippen molar-refractivity contribution in [3.8, 4) is 11.5 Å². The van der Waals surface area contributed by atoms with Crippen LogP contribution >= 0.6 is 0 Å². The van der Waals surface area contributed by atoms with Gasteiger partial charge in [0.2, 0.25) is 12.1 Å². The van der Waals surface area contributed by atoms with Crippen LogP contribution in [0, 0.1) is 0 Å². The van der Waals surface area contributed by atoms with E-state index in [1.165, 1.54) is 24.3 Å². The van der Waals surface area contributed by atoms with Crippen molar-refractivity contribution in [1.29, 1.82) is 0 Å². The van der Waals surface area contributed by atoms with Crippen LogP contribution in [0.4, 0.5) is 4.39 Å². The summed E-state index contributed by atoms with van der Waals surface area (Å²) in [5.41, 5.74) is -0.586. The third-order valence-electron chi connectivity index (χ3n) is 5.63. The standard InChI is InChI=1S/C27H23FO10/c1-3-32-26(31)22-10-16(29)24-18(6-4-8-20(24)37-22)33-12-15(28)13-34-19-7-5-9-21-25(19)17(30)11-23(38-21)27-35-14(2)36-27/h4-11,14-15,27H,3,12-13H2,1-2H3. The summed E-state index contributed by atoms with van der Waals surface area (Å²) in [6.45, 7) is 2.59. The Kier molecular flexibility index (Phi) is 7.12. The maximum atomic E-state index is 14.7. The maximum Gasteiger partial charge on any atom is 0.374 e. The quantitative estimate of drug-likeness (QED) is 0.292. The maximum absolute atomic E-state index is 14.7. The first kappa shape index (κ1) is 25.4. The van der Waals surface area contributed by atoms with Crippen LogP contribution in [0.1, 0.15) is 36.5 Å². The summed E-state index contributed by atoms with van der Waals surface area (Å²) in [6, 6.07) is 11.5. The number of carbonyl (C=O) groups is 1. The van der Waals surface area contributed by atoms with Gasteiger partial charge in [-0.25, -0.2) is 9.18 Å². The topological polar surface area (TPSA) is 124 Å². The Morgan fingerprint density at radius 2 is 1.50 bits per heavy atom. The third kappa shape index (κ3) is 5.11. The Labute approximate surface area is 214 Å². The fourth-order valence-electron chi connectivity index (χ4n) is 3.94.